The summed E-state index contributed by atoms with van der Waals surface area (Å²) in [6, 6.07) is 0. The molecule has 1 unspecified atom stereocenters. The van der Waals surface area contributed by atoms with E-state index >= 15 is 0 Å². The molecule has 76 valence electrons. The van der Waals surface area contributed by atoms with Crippen LogP contribution in [0.3, 0.4) is 0 Å². The molecule has 0 aromatic carbocycles. The van der Waals surface area contributed by atoms with E-state index in [9.17, 15) is 5.11 Å². The summed E-state index contributed by atoms with van der Waals surface area (Å²) in [5.41, 5.74) is 0.134. The zero-order chi connectivity index (χ0) is 9.15. The average molecular weight is 184 g/mol. The number of aliphatic hydroxyl groups is 1. The van der Waals surface area contributed by atoms with Crippen molar-refractivity contribution in [2.75, 3.05) is 19.8 Å². The van der Waals surface area contributed by atoms with Gasteiger partial charge < -0.3 is 9.84 Å². The molecule has 1 atom stereocenters. The predicted molar refractivity (Wildman–Crippen MR) is 51.5 cm³/mol. The topological polar surface area (TPSA) is 29.5 Å². The summed E-state index contributed by atoms with van der Waals surface area (Å²) in [7, 11) is 0. The lowest BCUT2D eigenvalue weighted by Gasteiger charge is -2.27. The first-order chi connectivity index (χ1) is 6.35. The van der Waals surface area contributed by atoms with E-state index in [-0.39, 0.29) is 5.41 Å². The minimum Gasteiger partial charge on any atom is -0.396 e. The van der Waals surface area contributed by atoms with Crippen molar-refractivity contribution < 1.29 is 9.84 Å². The molecule has 13 heavy (non-hydrogen) atoms. The summed E-state index contributed by atoms with van der Waals surface area (Å²) in [5, 5.41) is 9.40. The Morgan fingerprint density at radius 3 is 2.62 bits per heavy atom. The molecule has 2 aliphatic rings. The van der Waals surface area contributed by atoms with Crippen LogP contribution in [0.25, 0.3) is 0 Å². The normalized spacial score (nSPS) is 35.8. The van der Waals surface area contributed by atoms with Crippen LogP contribution in [0.15, 0.2) is 0 Å². The SMILES string of the molecule is OCC1(CC2CCCC2)CCOC1. The molecule has 2 fully saturated rings. The van der Waals surface area contributed by atoms with Crippen LogP contribution in [0, 0.1) is 11.3 Å². The Morgan fingerprint density at radius 1 is 1.31 bits per heavy atom. The lowest BCUT2D eigenvalue weighted by molar-refractivity contribution is 0.0728. The number of hydrogen-bond donors (Lipinski definition) is 1. The van der Waals surface area contributed by atoms with Crippen molar-refractivity contribution in [3.05, 3.63) is 0 Å². The first kappa shape index (κ1) is 9.47. The number of aliphatic hydroxyl groups excluding tert-OH is 1. The van der Waals surface area contributed by atoms with Gasteiger partial charge in [-0.1, -0.05) is 25.7 Å². The molecule has 1 aliphatic heterocycles. The molecular formula is C11H20O2. The van der Waals surface area contributed by atoms with Gasteiger partial charge in [-0.15, -0.1) is 0 Å². The van der Waals surface area contributed by atoms with Crippen LogP contribution in [0.1, 0.15) is 38.5 Å². The Balaban J connectivity index is 1.88. The molecule has 1 N–H and O–H groups in total. The average Bonchev–Trinajstić information content (AvgIpc) is 2.77. The van der Waals surface area contributed by atoms with Crippen molar-refractivity contribution in [3.63, 3.8) is 0 Å². The second-order valence-electron chi connectivity index (χ2n) is 4.82. The minimum atomic E-state index is 0.134. The zero-order valence-corrected chi connectivity index (χ0v) is 8.30. The lowest BCUT2D eigenvalue weighted by Crippen LogP contribution is -2.28. The highest BCUT2D eigenvalue weighted by atomic mass is 16.5. The molecule has 1 saturated heterocycles. The summed E-state index contributed by atoms with van der Waals surface area (Å²) < 4.78 is 5.40. The highest BCUT2D eigenvalue weighted by Crippen LogP contribution is 2.40. The van der Waals surface area contributed by atoms with Gasteiger partial charge in [0.2, 0.25) is 0 Å². The Hall–Kier alpha value is -0.0800. The number of rotatable bonds is 3. The Labute approximate surface area is 80.3 Å². The van der Waals surface area contributed by atoms with Crippen molar-refractivity contribution >= 4 is 0 Å². The van der Waals surface area contributed by atoms with Crippen molar-refractivity contribution in [3.8, 4) is 0 Å². The lowest BCUT2D eigenvalue weighted by atomic mass is 9.79. The molecule has 0 spiro atoms. The fourth-order valence-corrected chi connectivity index (χ4v) is 2.83. The van der Waals surface area contributed by atoms with Crippen LogP contribution >= 0.6 is 0 Å². The standard InChI is InChI=1S/C11H20O2/c12-8-11(5-6-13-9-11)7-10-3-1-2-4-10/h10,12H,1-9H2. The molecule has 0 radical (unpaired) electrons. The Bertz CT molecular complexity index is 155. The summed E-state index contributed by atoms with van der Waals surface area (Å²) >= 11 is 0. The van der Waals surface area contributed by atoms with E-state index in [1.165, 1.54) is 32.1 Å². The quantitative estimate of drug-likeness (QED) is 0.726. The van der Waals surface area contributed by atoms with Crippen molar-refractivity contribution in [2.24, 2.45) is 11.3 Å². The highest BCUT2D eigenvalue weighted by Gasteiger charge is 2.37. The molecule has 1 saturated carbocycles. The van der Waals surface area contributed by atoms with Crippen molar-refractivity contribution in [1.82, 2.24) is 0 Å². The zero-order valence-electron chi connectivity index (χ0n) is 8.30. The van der Waals surface area contributed by atoms with Gasteiger partial charge in [-0.05, 0) is 18.8 Å². The summed E-state index contributed by atoms with van der Waals surface area (Å²) in [5.74, 6) is 0.869. The molecule has 1 aliphatic carbocycles. The van der Waals surface area contributed by atoms with E-state index in [0.29, 0.717) is 6.61 Å². The van der Waals surface area contributed by atoms with Gasteiger partial charge in [0.15, 0.2) is 0 Å². The fourth-order valence-electron chi connectivity index (χ4n) is 2.83. The van der Waals surface area contributed by atoms with Gasteiger partial charge in [0, 0.05) is 12.0 Å². The molecule has 0 bridgehead atoms. The van der Waals surface area contributed by atoms with Crippen molar-refractivity contribution in [2.45, 2.75) is 38.5 Å². The van der Waals surface area contributed by atoms with Gasteiger partial charge in [-0.3, -0.25) is 0 Å². The third kappa shape index (κ3) is 2.05. The molecular weight excluding hydrogens is 164 g/mol. The number of ether oxygens (including phenoxy) is 1. The van der Waals surface area contributed by atoms with Crippen molar-refractivity contribution in [1.29, 1.82) is 0 Å². The maximum absolute atomic E-state index is 9.40. The Morgan fingerprint density at radius 2 is 2.08 bits per heavy atom. The van der Waals surface area contributed by atoms with Crippen LogP contribution in [0.4, 0.5) is 0 Å². The molecule has 0 aromatic rings. The van der Waals surface area contributed by atoms with Gasteiger partial charge in [0.1, 0.15) is 0 Å². The van der Waals surface area contributed by atoms with E-state index in [0.717, 1.165) is 25.6 Å². The molecule has 2 nitrogen and oxygen atoms in total. The maximum Gasteiger partial charge on any atom is 0.0545 e. The van der Waals surface area contributed by atoms with Crippen LogP contribution in [-0.2, 0) is 4.74 Å². The summed E-state index contributed by atoms with van der Waals surface area (Å²) in [6.45, 7) is 1.97. The van der Waals surface area contributed by atoms with Gasteiger partial charge in [-0.25, -0.2) is 0 Å². The second kappa shape index (κ2) is 3.97. The first-order valence-electron chi connectivity index (χ1n) is 5.53. The van der Waals surface area contributed by atoms with Gasteiger partial charge >= 0.3 is 0 Å². The molecule has 2 rings (SSSR count). The molecule has 0 aromatic heterocycles. The van der Waals surface area contributed by atoms with Crippen LogP contribution in [0.2, 0.25) is 0 Å². The van der Waals surface area contributed by atoms with Crippen LogP contribution in [-0.4, -0.2) is 24.9 Å². The van der Waals surface area contributed by atoms with Gasteiger partial charge in [0.05, 0.1) is 13.2 Å². The fraction of sp³-hybridized carbons (Fsp3) is 1.00. The number of hydrogen-bond acceptors (Lipinski definition) is 2. The Kier molecular flexibility index (Phi) is 2.89. The van der Waals surface area contributed by atoms with E-state index < -0.39 is 0 Å². The van der Waals surface area contributed by atoms with Crippen LogP contribution < -0.4 is 0 Å². The maximum atomic E-state index is 9.40. The molecule has 1 heterocycles. The summed E-state index contributed by atoms with van der Waals surface area (Å²) in [4.78, 5) is 0. The smallest absolute Gasteiger partial charge is 0.0545 e. The molecule has 0 amide bonds. The predicted octanol–water partition coefficient (Wildman–Crippen LogP) is 1.97. The third-order valence-corrected chi connectivity index (χ3v) is 3.72. The summed E-state index contributed by atoms with van der Waals surface area (Å²) in [6.07, 6.45) is 7.81. The largest absolute Gasteiger partial charge is 0.396 e. The molecule has 2 heteroatoms. The third-order valence-electron chi connectivity index (χ3n) is 3.72. The van der Waals surface area contributed by atoms with E-state index in [1.54, 1.807) is 0 Å². The minimum absolute atomic E-state index is 0.134. The van der Waals surface area contributed by atoms with Crippen LogP contribution in [0.5, 0.6) is 0 Å². The van der Waals surface area contributed by atoms with Gasteiger partial charge in [-0.2, -0.15) is 0 Å². The van der Waals surface area contributed by atoms with E-state index in [4.69, 9.17) is 4.74 Å². The second-order valence-corrected chi connectivity index (χ2v) is 4.82. The van der Waals surface area contributed by atoms with E-state index in [1.807, 2.05) is 0 Å². The van der Waals surface area contributed by atoms with E-state index in [2.05, 4.69) is 0 Å². The highest BCUT2D eigenvalue weighted by molar-refractivity contribution is 4.86. The first-order valence-corrected chi connectivity index (χ1v) is 5.53. The monoisotopic (exact) mass is 184 g/mol. The van der Waals surface area contributed by atoms with Gasteiger partial charge in [0.25, 0.3) is 0 Å².